The maximum absolute atomic E-state index is 9.56. The predicted molar refractivity (Wildman–Crippen MR) is 86.3 cm³/mol. The van der Waals surface area contributed by atoms with Crippen LogP contribution >= 0.6 is 12.2 Å². The lowest BCUT2D eigenvalue weighted by Crippen LogP contribution is -2.45. The van der Waals surface area contributed by atoms with Crippen LogP contribution in [-0.2, 0) is 12.8 Å². The van der Waals surface area contributed by atoms with Gasteiger partial charge in [-0.3, -0.25) is 0 Å². The van der Waals surface area contributed by atoms with Gasteiger partial charge in [-0.15, -0.1) is 0 Å². The third-order valence-electron chi connectivity index (χ3n) is 4.16. The van der Waals surface area contributed by atoms with Crippen molar-refractivity contribution in [2.45, 2.75) is 45.1 Å². The van der Waals surface area contributed by atoms with Gasteiger partial charge in [-0.05, 0) is 51.2 Å². The summed E-state index contributed by atoms with van der Waals surface area (Å²) in [5.74, 6) is 0.775. The lowest BCUT2D eigenvalue weighted by Gasteiger charge is -2.36. The summed E-state index contributed by atoms with van der Waals surface area (Å²) in [6.45, 7) is 3.98. The van der Waals surface area contributed by atoms with Crippen LogP contribution in [0.1, 0.15) is 43.5 Å². The van der Waals surface area contributed by atoms with Gasteiger partial charge < -0.3 is 15.7 Å². The molecule has 2 rings (SSSR count). The average Bonchev–Trinajstić information content (AvgIpc) is 2.44. The summed E-state index contributed by atoms with van der Waals surface area (Å²) in [5.41, 5.74) is 8.68. The van der Waals surface area contributed by atoms with E-state index >= 15 is 0 Å². The highest BCUT2D eigenvalue weighted by Gasteiger charge is 2.27. The summed E-state index contributed by atoms with van der Waals surface area (Å²) in [6, 6.07) is 2.09. The highest BCUT2D eigenvalue weighted by Crippen LogP contribution is 2.29. The zero-order valence-corrected chi connectivity index (χ0v) is 13.3. The molecule has 1 aromatic rings. The number of thiocarbonyl (C=S) groups is 1. The number of nitrogens with zero attached hydrogens (tertiary/aromatic N) is 2. The molecule has 20 heavy (non-hydrogen) atoms. The highest BCUT2D eigenvalue weighted by atomic mass is 32.1. The summed E-state index contributed by atoms with van der Waals surface area (Å²) in [4.78, 5) is 7.13. The van der Waals surface area contributed by atoms with E-state index in [0.29, 0.717) is 4.99 Å². The topological polar surface area (TPSA) is 62.4 Å². The van der Waals surface area contributed by atoms with Crippen molar-refractivity contribution < 1.29 is 5.11 Å². The van der Waals surface area contributed by atoms with E-state index in [4.69, 9.17) is 22.9 Å². The zero-order valence-electron chi connectivity index (χ0n) is 12.4. The van der Waals surface area contributed by atoms with Crippen molar-refractivity contribution >= 4 is 23.0 Å². The van der Waals surface area contributed by atoms with Crippen molar-refractivity contribution in [2.24, 2.45) is 5.73 Å². The average molecular weight is 293 g/mol. The van der Waals surface area contributed by atoms with E-state index in [2.05, 4.69) is 6.07 Å². The van der Waals surface area contributed by atoms with Crippen LogP contribution in [0, 0.1) is 0 Å². The standard InChI is InChI=1S/C15H23N3OS/c1-15(2,9-19)18(3)14-11(13(16)20)8-10-6-4-5-7-12(10)17-14/h8,19H,4-7,9H2,1-3H3,(H2,16,20). The van der Waals surface area contributed by atoms with Crippen LogP contribution in [0.15, 0.2) is 6.07 Å². The Morgan fingerprint density at radius 3 is 2.70 bits per heavy atom. The number of aliphatic hydroxyl groups is 1. The number of nitrogens with two attached hydrogens (primary N) is 1. The number of aromatic nitrogens is 1. The van der Waals surface area contributed by atoms with Gasteiger partial charge in [0.2, 0.25) is 0 Å². The molecule has 4 nitrogen and oxygen atoms in total. The second-order valence-electron chi connectivity index (χ2n) is 6.07. The normalized spacial score (nSPS) is 14.8. The lowest BCUT2D eigenvalue weighted by molar-refractivity contribution is 0.215. The molecule has 1 aliphatic carbocycles. The van der Waals surface area contributed by atoms with E-state index in [1.807, 2.05) is 25.8 Å². The second kappa shape index (κ2) is 5.66. The number of likely N-dealkylation sites (N-methyl/N-ethyl adjacent to an activating group) is 1. The van der Waals surface area contributed by atoms with E-state index in [-0.39, 0.29) is 6.61 Å². The van der Waals surface area contributed by atoms with Gasteiger partial charge in [0.05, 0.1) is 17.7 Å². The number of anilines is 1. The molecule has 3 N–H and O–H groups in total. The predicted octanol–water partition coefficient (Wildman–Crippen LogP) is 1.80. The van der Waals surface area contributed by atoms with Crippen LogP contribution in [0.3, 0.4) is 0 Å². The Bertz CT molecular complexity index is 528. The minimum absolute atomic E-state index is 0.0407. The van der Waals surface area contributed by atoms with Gasteiger partial charge in [0, 0.05) is 12.7 Å². The first-order chi connectivity index (χ1) is 9.36. The minimum Gasteiger partial charge on any atom is -0.394 e. The first-order valence-corrected chi connectivity index (χ1v) is 7.45. The van der Waals surface area contributed by atoms with Crippen molar-refractivity contribution in [2.75, 3.05) is 18.6 Å². The Kier molecular flexibility index (Phi) is 4.30. The Morgan fingerprint density at radius 1 is 1.45 bits per heavy atom. The monoisotopic (exact) mass is 293 g/mol. The quantitative estimate of drug-likeness (QED) is 0.829. The van der Waals surface area contributed by atoms with Crippen LogP contribution in [-0.4, -0.2) is 34.3 Å². The maximum Gasteiger partial charge on any atom is 0.139 e. The molecule has 1 aliphatic rings. The second-order valence-corrected chi connectivity index (χ2v) is 6.51. The number of rotatable bonds is 4. The zero-order chi connectivity index (χ0) is 14.9. The first-order valence-electron chi connectivity index (χ1n) is 7.04. The molecular formula is C15H23N3OS. The molecule has 0 amide bonds. The van der Waals surface area contributed by atoms with Crippen LogP contribution in [0.4, 0.5) is 5.82 Å². The Balaban J connectivity index is 2.53. The fraction of sp³-hybridized carbons (Fsp3) is 0.600. The van der Waals surface area contributed by atoms with E-state index < -0.39 is 5.54 Å². The summed E-state index contributed by atoms with van der Waals surface area (Å²) in [7, 11) is 1.93. The van der Waals surface area contributed by atoms with Crippen LogP contribution in [0.25, 0.3) is 0 Å². The fourth-order valence-electron chi connectivity index (χ4n) is 2.45. The number of aryl methyl sites for hydroxylation is 2. The van der Waals surface area contributed by atoms with Gasteiger partial charge in [0.15, 0.2) is 0 Å². The maximum atomic E-state index is 9.56. The molecule has 1 aromatic heterocycles. The van der Waals surface area contributed by atoms with Gasteiger partial charge in [-0.1, -0.05) is 12.2 Å². The molecule has 0 unspecified atom stereocenters. The van der Waals surface area contributed by atoms with Crippen molar-refractivity contribution in [3.05, 3.63) is 22.9 Å². The molecule has 0 spiro atoms. The van der Waals surface area contributed by atoms with Gasteiger partial charge in [-0.2, -0.15) is 0 Å². The number of fused-ring (bicyclic) bond motifs is 1. The highest BCUT2D eigenvalue weighted by molar-refractivity contribution is 7.80. The molecule has 110 valence electrons. The summed E-state index contributed by atoms with van der Waals surface area (Å²) in [6.07, 6.45) is 4.43. The third kappa shape index (κ3) is 2.79. The van der Waals surface area contributed by atoms with Crippen LogP contribution in [0.2, 0.25) is 0 Å². The summed E-state index contributed by atoms with van der Waals surface area (Å²) in [5, 5.41) is 9.56. The number of aliphatic hydroxyl groups excluding tert-OH is 1. The van der Waals surface area contributed by atoms with Crippen LogP contribution < -0.4 is 10.6 Å². The van der Waals surface area contributed by atoms with E-state index in [1.54, 1.807) is 0 Å². The molecule has 0 aromatic carbocycles. The van der Waals surface area contributed by atoms with Gasteiger partial charge in [0.25, 0.3) is 0 Å². The third-order valence-corrected chi connectivity index (χ3v) is 4.38. The number of hydrogen-bond donors (Lipinski definition) is 2. The summed E-state index contributed by atoms with van der Waals surface area (Å²) < 4.78 is 0. The lowest BCUT2D eigenvalue weighted by atomic mass is 9.94. The summed E-state index contributed by atoms with van der Waals surface area (Å²) >= 11 is 5.18. The molecule has 0 bridgehead atoms. The molecule has 0 saturated carbocycles. The smallest absolute Gasteiger partial charge is 0.139 e. The largest absolute Gasteiger partial charge is 0.394 e. The Morgan fingerprint density at radius 2 is 2.10 bits per heavy atom. The van der Waals surface area contributed by atoms with E-state index in [0.717, 1.165) is 29.9 Å². The fourth-order valence-corrected chi connectivity index (χ4v) is 2.60. The van der Waals surface area contributed by atoms with Crippen molar-refractivity contribution in [1.29, 1.82) is 0 Å². The number of pyridine rings is 1. The van der Waals surface area contributed by atoms with Gasteiger partial charge >= 0.3 is 0 Å². The molecule has 0 radical (unpaired) electrons. The van der Waals surface area contributed by atoms with Crippen molar-refractivity contribution in [3.63, 3.8) is 0 Å². The van der Waals surface area contributed by atoms with E-state index in [9.17, 15) is 5.11 Å². The van der Waals surface area contributed by atoms with Crippen molar-refractivity contribution in [1.82, 2.24) is 4.98 Å². The van der Waals surface area contributed by atoms with Gasteiger partial charge in [0.1, 0.15) is 10.8 Å². The number of hydrogen-bond acceptors (Lipinski definition) is 4. The first kappa shape index (κ1) is 15.2. The minimum atomic E-state index is -0.407. The van der Waals surface area contributed by atoms with Crippen molar-refractivity contribution in [3.8, 4) is 0 Å². The molecule has 0 fully saturated rings. The van der Waals surface area contributed by atoms with Crippen LogP contribution in [0.5, 0.6) is 0 Å². The molecule has 5 heteroatoms. The Hall–Kier alpha value is -1.20. The molecule has 0 aliphatic heterocycles. The Labute approximate surface area is 126 Å². The van der Waals surface area contributed by atoms with Gasteiger partial charge in [-0.25, -0.2) is 4.98 Å². The molecular weight excluding hydrogens is 270 g/mol. The molecule has 1 heterocycles. The molecule has 0 atom stereocenters. The SMILES string of the molecule is CN(c1nc2c(cc1C(N)=S)CCCC2)C(C)(C)CO. The molecule has 0 saturated heterocycles. The van der Waals surface area contributed by atoms with E-state index in [1.165, 1.54) is 18.4 Å².